The van der Waals surface area contributed by atoms with Gasteiger partial charge in [0, 0.05) is 15.8 Å². The smallest absolute Gasteiger partial charge is 0.286 e. The van der Waals surface area contributed by atoms with Gasteiger partial charge in [-0.05, 0) is 42.0 Å². The molecule has 27 heavy (non-hydrogen) atoms. The monoisotopic (exact) mass is 379 g/mol. The molecule has 4 rings (SSSR count). The molecule has 0 spiro atoms. The normalized spacial score (nSPS) is 10.7. The number of halogens is 1. The van der Waals surface area contributed by atoms with Crippen LogP contribution in [0, 0.1) is 5.82 Å². The Labute approximate surface area is 157 Å². The molecule has 0 radical (unpaired) electrons. The van der Waals surface area contributed by atoms with Crippen LogP contribution >= 0.6 is 11.3 Å². The van der Waals surface area contributed by atoms with Gasteiger partial charge in [0.15, 0.2) is 0 Å². The molecular formula is C20H14FN3O2S. The SMILES string of the molecule is O=C(NNC(=O)c1ccc(-c2ccc(F)cc2)s1)c1cc2ccccc2[nH]1. The van der Waals surface area contributed by atoms with Crippen LogP contribution in [-0.2, 0) is 0 Å². The summed E-state index contributed by atoms with van der Waals surface area (Å²) in [4.78, 5) is 28.8. The maximum Gasteiger partial charge on any atom is 0.286 e. The first kappa shape index (κ1) is 17.0. The Morgan fingerprint density at radius 1 is 0.889 bits per heavy atom. The first-order valence-corrected chi connectivity index (χ1v) is 8.96. The van der Waals surface area contributed by atoms with E-state index < -0.39 is 11.8 Å². The third kappa shape index (κ3) is 3.58. The van der Waals surface area contributed by atoms with Gasteiger partial charge in [-0.2, -0.15) is 0 Å². The fourth-order valence-corrected chi connectivity index (χ4v) is 3.57. The number of aromatic amines is 1. The molecule has 0 saturated carbocycles. The van der Waals surface area contributed by atoms with Gasteiger partial charge in [-0.1, -0.05) is 30.3 Å². The molecule has 0 aliphatic heterocycles. The van der Waals surface area contributed by atoms with Gasteiger partial charge < -0.3 is 4.98 Å². The van der Waals surface area contributed by atoms with Crippen molar-refractivity contribution in [3.05, 3.63) is 83.1 Å². The summed E-state index contributed by atoms with van der Waals surface area (Å²) >= 11 is 1.26. The van der Waals surface area contributed by atoms with Crippen LogP contribution in [0.4, 0.5) is 4.39 Å². The molecule has 0 fully saturated rings. The van der Waals surface area contributed by atoms with Crippen LogP contribution in [0.2, 0.25) is 0 Å². The van der Waals surface area contributed by atoms with E-state index in [0.29, 0.717) is 10.6 Å². The quantitative estimate of drug-likeness (QED) is 0.469. The number of hydrazine groups is 1. The second kappa shape index (κ2) is 7.05. The van der Waals surface area contributed by atoms with Crippen molar-refractivity contribution in [3.8, 4) is 10.4 Å². The van der Waals surface area contributed by atoms with Crippen LogP contribution < -0.4 is 10.9 Å². The van der Waals surface area contributed by atoms with Crippen molar-refractivity contribution in [2.75, 3.05) is 0 Å². The number of rotatable bonds is 3. The topological polar surface area (TPSA) is 74.0 Å². The van der Waals surface area contributed by atoms with E-state index in [9.17, 15) is 14.0 Å². The average Bonchev–Trinajstić information content (AvgIpc) is 3.33. The molecule has 0 bridgehead atoms. The summed E-state index contributed by atoms with van der Waals surface area (Å²) in [6.45, 7) is 0. The minimum Gasteiger partial charge on any atom is -0.350 e. The number of nitrogens with one attached hydrogen (secondary N) is 3. The van der Waals surface area contributed by atoms with Crippen molar-refractivity contribution >= 4 is 34.1 Å². The number of carbonyl (C=O) groups excluding carboxylic acids is 2. The molecule has 0 saturated heterocycles. The molecule has 7 heteroatoms. The first-order chi connectivity index (χ1) is 13.1. The van der Waals surface area contributed by atoms with Crippen molar-refractivity contribution in [3.63, 3.8) is 0 Å². The summed E-state index contributed by atoms with van der Waals surface area (Å²) in [5.74, 6) is -1.17. The number of thiophene rings is 1. The van der Waals surface area contributed by atoms with Crippen LogP contribution in [0.25, 0.3) is 21.3 Å². The van der Waals surface area contributed by atoms with Gasteiger partial charge >= 0.3 is 0 Å². The maximum atomic E-state index is 13.0. The third-order valence-electron chi connectivity index (χ3n) is 4.02. The third-order valence-corrected chi connectivity index (χ3v) is 5.16. The van der Waals surface area contributed by atoms with E-state index in [1.807, 2.05) is 24.3 Å². The van der Waals surface area contributed by atoms with Gasteiger partial charge in [0.1, 0.15) is 11.5 Å². The zero-order valence-electron chi connectivity index (χ0n) is 14.0. The highest BCUT2D eigenvalue weighted by molar-refractivity contribution is 7.17. The fraction of sp³-hybridized carbons (Fsp3) is 0. The summed E-state index contributed by atoms with van der Waals surface area (Å²) in [6, 6.07) is 18.7. The van der Waals surface area contributed by atoms with Crippen LogP contribution in [0.5, 0.6) is 0 Å². The number of hydrogen-bond donors (Lipinski definition) is 3. The number of carbonyl (C=O) groups is 2. The summed E-state index contributed by atoms with van der Waals surface area (Å²) in [5, 5.41) is 0.913. The van der Waals surface area contributed by atoms with Crippen molar-refractivity contribution in [2.45, 2.75) is 0 Å². The van der Waals surface area contributed by atoms with E-state index in [1.54, 1.807) is 30.3 Å². The van der Waals surface area contributed by atoms with Gasteiger partial charge in [0.05, 0.1) is 4.88 Å². The van der Waals surface area contributed by atoms with Crippen molar-refractivity contribution in [1.82, 2.24) is 15.8 Å². The molecule has 0 aliphatic carbocycles. The highest BCUT2D eigenvalue weighted by Gasteiger charge is 2.13. The average molecular weight is 379 g/mol. The zero-order valence-corrected chi connectivity index (χ0v) is 14.8. The number of hydrogen-bond acceptors (Lipinski definition) is 3. The standard InChI is InChI=1S/C20H14FN3O2S/c21-14-7-5-12(6-8-14)17-9-10-18(27-17)20(26)24-23-19(25)16-11-13-3-1-2-4-15(13)22-16/h1-11,22H,(H,23,25)(H,24,26). The lowest BCUT2D eigenvalue weighted by Crippen LogP contribution is -2.41. The molecule has 4 aromatic rings. The number of benzene rings is 2. The molecule has 0 aliphatic rings. The molecule has 2 aromatic heterocycles. The minimum absolute atomic E-state index is 0.312. The largest absolute Gasteiger partial charge is 0.350 e. The Kier molecular flexibility index (Phi) is 4.43. The molecule has 0 unspecified atom stereocenters. The van der Waals surface area contributed by atoms with Crippen molar-refractivity contribution < 1.29 is 14.0 Å². The minimum atomic E-state index is -0.435. The Morgan fingerprint density at radius 2 is 1.63 bits per heavy atom. The van der Waals surface area contributed by atoms with Gasteiger partial charge in [0.25, 0.3) is 11.8 Å². The zero-order chi connectivity index (χ0) is 18.8. The highest BCUT2D eigenvalue weighted by Crippen LogP contribution is 2.28. The first-order valence-electron chi connectivity index (χ1n) is 8.14. The van der Waals surface area contributed by atoms with E-state index in [-0.39, 0.29) is 5.82 Å². The van der Waals surface area contributed by atoms with Gasteiger partial charge in [0.2, 0.25) is 0 Å². The van der Waals surface area contributed by atoms with E-state index in [1.165, 1.54) is 23.5 Å². The number of para-hydroxylation sites is 1. The summed E-state index contributed by atoms with van der Waals surface area (Å²) in [7, 11) is 0. The van der Waals surface area contributed by atoms with Crippen LogP contribution in [0.15, 0.2) is 66.7 Å². The van der Waals surface area contributed by atoms with E-state index in [4.69, 9.17) is 0 Å². The maximum absolute atomic E-state index is 13.0. The lowest BCUT2D eigenvalue weighted by atomic mass is 10.2. The number of aromatic nitrogens is 1. The summed E-state index contributed by atoms with van der Waals surface area (Å²) in [6.07, 6.45) is 0. The Morgan fingerprint density at radius 3 is 2.41 bits per heavy atom. The Hall–Kier alpha value is -3.45. The van der Waals surface area contributed by atoms with Crippen molar-refractivity contribution in [2.24, 2.45) is 0 Å². The molecule has 3 N–H and O–H groups in total. The molecule has 2 aromatic carbocycles. The highest BCUT2D eigenvalue weighted by atomic mass is 32.1. The van der Waals surface area contributed by atoms with Crippen molar-refractivity contribution in [1.29, 1.82) is 0 Å². The van der Waals surface area contributed by atoms with Crippen LogP contribution in [0.3, 0.4) is 0 Å². The fourth-order valence-electron chi connectivity index (χ4n) is 2.67. The Balaban J connectivity index is 1.42. The van der Waals surface area contributed by atoms with Gasteiger partial charge in [-0.15, -0.1) is 11.3 Å². The van der Waals surface area contributed by atoms with E-state index in [2.05, 4.69) is 15.8 Å². The molecular weight excluding hydrogens is 365 g/mol. The molecule has 2 amide bonds. The van der Waals surface area contributed by atoms with Crippen LogP contribution in [0.1, 0.15) is 20.2 Å². The van der Waals surface area contributed by atoms with E-state index in [0.717, 1.165) is 21.3 Å². The predicted molar refractivity (Wildman–Crippen MR) is 103 cm³/mol. The summed E-state index contributed by atoms with van der Waals surface area (Å²) < 4.78 is 13.0. The van der Waals surface area contributed by atoms with E-state index >= 15 is 0 Å². The predicted octanol–water partition coefficient (Wildman–Crippen LogP) is 4.11. The summed E-state index contributed by atoms with van der Waals surface area (Å²) in [5.41, 5.74) is 6.83. The molecule has 0 atom stereocenters. The lowest BCUT2D eigenvalue weighted by Gasteiger charge is -2.04. The number of fused-ring (bicyclic) bond motifs is 1. The second-order valence-corrected chi connectivity index (χ2v) is 6.93. The lowest BCUT2D eigenvalue weighted by molar-refractivity contribution is 0.0846. The van der Waals surface area contributed by atoms with Gasteiger partial charge in [-0.25, -0.2) is 4.39 Å². The number of amides is 2. The molecule has 5 nitrogen and oxygen atoms in total. The Bertz CT molecular complexity index is 1100. The van der Waals surface area contributed by atoms with Gasteiger partial charge in [-0.3, -0.25) is 20.4 Å². The molecule has 2 heterocycles. The second-order valence-electron chi connectivity index (χ2n) is 5.85. The van der Waals surface area contributed by atoms with Crippen LogP contribution in [-0.4, -0.2) is 16.8 Å². The number of H-pyrrole nitrogens is 1. The molecule has 134 valence electrons.